The van der Waals surface area contributed by atoms with Crippen LogP contribution in [-0.4, -0.2) is 96.5 Å². The molecule has 17 nitrogen and oxygen atoms in total. The van der Waals surface area contributed by atoms with Crippen LogP contribution in [0.2, 0.25) is 5.82 Å². The Morgan fingerprint density at radius 2 is 1.31 bits per heavy atom. The SMILES string of the molecule is C[C@]1(CCc2ccc3cc(Br)c(N)nc3c2)C[C@@H](C2C=Cc3c(N)ncnc32)[C@H](O)[C@@H]1O.C[C@]1(CCc2ccc3cc(C4CC4)c(N)nc3c2)C[C@@H](n2ccc3c(N)ncnc32)[C@H](O)[C@@H]1O.OB(O)C1CC1. The number of allylic oxidation sites excluding steroid dienone is 1. The van der Waals surface area contributed by atoms with Gasteiger partial charge in [-0.15, -0.1) is 0 Å². The van der Waals surface area contributed by atoms with Gasteiger partial charge in [-0.25, -0.2) is 29.9 Å². The van der Waals surface area contributed by atoms with Crippen molar-refractivity contribution in [1.29, 1.82) is 0 Å². The number of aryl methyl sites for hydroxylation is 2. The van der Waals surface area contributed by atoms with Gasteiger partial charge in [0.05, 0.1) is 50.9 Å². The molecular weight excluding hydrogens is 977 g/mol. The van der Waals surface area contributed by atoms with Gasteiger partial charge in [-0.1, -0.05) is 63.1 Å². The van der Waals surface area contributed by atoms with Crippen LogP contribution >= 0.6 is 15.9 Å². The van der Waals surface area contributed by atoms with E-state index in [1.165, 1.54) is 31.1 Å². The molecule has 1 unspecified atom stereocenters. The van der Waals surface area contributed by atoms with Crippen molar-refractivity contribution in [3.8, 4) is 0 Å². The fourth-order valence-electron chi connectivity index (χ4n) is 11.4. The lowest BCUT2D eigenvalue weighted by Gasteiger charge is -2.29. The molecule has 0 aliphatic heterocycles. The van der Waals surface area contributed by atoms with Crippen molar-refractivity contribution < 1.29 is 30.5 Å². The second kappa shape index (κ2) is 19.6. The van der Waals surface area contributed by atoms with Crippen LogP contribution in [0.5, 0.6) is 0 Å². The van der Waals surface area contributed by atoms with Crippen LogP contribution in [0, 0.1) is 16.7 Å². The number of anilines is 4. The number of rotatable bonds is 10. The first-order valence-electron chi connectivity index (χ1n) is 24.9. The van der Waals surface area contributed by atoms with Gasteiger partial charge in [0.1, 0.15) is 47.7 Å². The highest BCUT2D eigenvalue weighted by atomic mass is 79.9. The fourth-order valence-corrected chi connectivity index (χ4v) is 11.7. The number of nitrogens with zero attached hydrogens (tertiary/aromatic N) is 7. The summed E-state index contributed by atoms with van der Waals surface area (Å²) < 4.78 is 2.71. The number of aliphatic hydroxyl groups is 4. The minimum Gasteiger partial charge on any atom is -0.427 e. The highest BCUT2D eigenvalue weighted by Gasteiger charge is 2.53. The molecular formula is C53H63BBrN11O6. The summed E-state index contributed by atoms with van der Waals surface area (Å²) in [5.41, 5.74) is 30.8. The number of hydrogen-bond donors (Lipinski definition) is 10. The van der Waals surface area contributed by atoms with Crippen LogP contribution in [-0.2, 0) is 12.8 Å². The molecule has 5 aromatic heterocycles. The topological polar surface area (TPSA) is 308 Å². The number of benzene rings is 2. The zero-order chi connectivity index (χ0) is 50.8. The average Bonchev–Trinajstić information content (AvgIpc) is 4.28. The molecule has 0 bridgehead atoms. The largest absolute Gasteiger partial charge is 0.454 e. The fraction of sp³-hybridized carbons (Fsp3) is 0.434. The van der Waals surface area contributed by atoms with E-state index in [1.807, 2.05) is 47.2 Å². The lowest BCUT2D eigenvalue weighted by atomic mass is 9.78. The molecule has 5 aliphatic carbocycles. The maximum absolute atomic E-state index is 11.0. The monoisotopic (exact) mass is 1040 g/mol. The van der Waals surface area contributed by atoms with Gasteiger partial charge in [-0.05, 0) is 143 Å². The molecule has 376 valence electrons. The molecule has 72 heavy (non-hydrogen) atoms. The minimum absolute atomic E-state index is 0.0759. The number of aromatic nitrogens is 7. The molecule has 5 aliphatic rings. The van der Waals surface area contributed by atoms with Crippen molar-refractivity contribution in [2.75, 3.05) is 22.9 Å². The van der Waals surface area contributed by atoms with Crippen molar-refractivity contribution in [3.63, 3.8) is 0 Å². The quantitative estimate of drug-likeness (QED) is 0.0663. The Labute approximate surface area is 426 Å². The summed E-state index contributed by atoms with van der Waals surface area (Å²) in [6.45, 7) is 4.11. The summed E-state index contributed by atoms with van der Waals surface area (Å²) in [7, 11) is -1.04. The predicted octanol–water partition coefficient (Wildman–Crippen LogP) is 6.39. The van der Waals surface area contributed by atoms with Crippen LogP contribution < -0.4 is 22.9 Å². The van der Waals surface area contributed by atoms with Gasteiger partial charge >= 0.3 is 7.12 Å². The van der Waals surface area contributed by atoms with Crippen LogP contribution in [0.15, 0.2) is 84.0 Å². The Balaban J connectivity index is 0.000000149. The molecule has 7 aromatic rings. The van der Waals surface area contributed by atoms with E-state index in [9.17, 15) is 20.4 Å². The molecule has 2 aromatic carbocycles. The third kappa shape index (κ3) is 9.75. The number of hydrogen-bond acceptors (Lipinski definition) is 16. The van der Waals surface area contributed by atoms with Gasteiger partial charge in [0.25, 0.3) is 0 Å². The summed E-state index contributed by atoms with van der Waals surface area (Å²) >= 11 is 3.42. The summed E-state index contributed by atoms with van der Waals surface area (Å²) in [6.07, 6.45) is 14.1. The standard InChI is InChI=1S/C26H30N6O2.C24H26BrN5O2.C3H7BO2/c1-26(8-6-14-2-3-16-11-18(15-4-5-15)24(28)31-19(16)10-14)12-20(21(33)22(26)34)32-9-7-17-23(27)29-13-30-25(17)32;1-24(7-6-12-2-3-13-9-17(25)23(27)30-18(13)8-12)10-16(20(31)21(24)32)14-4-5-15-19(14)28-11-29-22(15)26;5-4(6)3-1-2-3/h2-3,7,9-11,13,15,20-22,33-34H,4-6,8,12H2,1H3,(H2,28,31)(H2,27,29,30);2-5,8-9,11,14,16,20-21,31-32H,6-7,10H2,1H3,(H2,27,30)(H2,26,28,29);3,5-6H,1-2H2/t20-,21+,22+,26+;14?,16-,20-,21-,24-;/m10./s1. The van der Waals surface area contributed by atoms with E-state index < -0.39 is 42.4 Å². The van der Waals surface area contributed by atoms with E-state index in [2.05, 4.69) is 90.0 Å². The lowest BCUT2D eigenvalue weighted by molar-refractivity contribution is -0.0268. The molecule has 4 fully saturated rings. The molecule has 0 radical (unpaired) electrons. The molecule has 0 spiro atoms. The number of pyridine rings is 2. The van der Waals surface area contributed by atoms with Gasteiger partial charge in [-0.3, -0.25) is 0 Å². The third-order valence-corrected chi connectivity index (χ3v) is 16.8. The highest BCUT2D eigenvalue weighted by Crippen LogP contribution is 2.53. The van der Waals surface area contributed by atoms with E-state index in [-0.39, 0.29) is 23.7 Å². The maximum Gasteiger partial charge on any atom is 0.454 e. The Hall–Kier alpha value is -5.80. The van der Waals surface area contributed by atoms with Gasteiger partial charge < -0.3 is 58.0 Å². The van der Waals surface area contributed by atoms with Crippen molar-refractivity contribution >= 4 is 85.2 Å². The lowest BCUT2D eigenvalue weighted by Crippen LogP contribution is -2.35. The van der Waals surface area contributed by atoms with Gasteiger partial charge in [0.2, 0.25) is 0 Å². The molecule has 5 heterocycles. The zero-order valence-electron chi connectivity index (χ0n) is 40.4. The van der Waals surface area contributed by atoms with E-state index in [1.54, 1.807) is 0 Å². The Kier molecular flexibility index (Phi) is 13.5. The van der Waals surface area contributed by atoms with Gasteiger partial charge in [0, 0.05) is 28.5 Å². The summed E-state index contributed by atoms with van der Waals surface area (Å²) in [4.78, 5) is 26.0. The Morgan fingerprint density at radius 3 is 1.94 bits per heavy atom. The molecule has 14 N–H and O–H groups in total. The normalized spacial score (nSPS) is 27.4. The van der Waals surface area contributed by atoms with Crippen LogP contribution in [0.3, 0.4) is 0 Å². The molecule has 4 saturated carbocycles. The van der Waals surface area contributed by atoms with E-state index in [0.29, 0.717) is 47.7 Å². The van der Waals surface area contributed by atoms with Gasteiger partial charge in [-0.2, -0.15) is 0 Å². The van der Waals surface area contributed by atoms with Crippen molar-refractivity contribution in [2.45, 2.75) is 126 Å². The summed E-state index contributed by atoms with van der Waals surface area (Å²) in [6, 6.07) is 18.2. The van der Waals surface area contributed by atoms with E-state index in [4.69, 9.17) is 33.0 Å². The molecule has 0 amide bonds. The summed E-state index contributed by atoms with van der Waals surface area (Å²) in [5, 5.41) is 63.3. The van der Waals surface area contributed by atoms with Crippen molar-refractivity contribution in [3.05, 3.63) is 112 Å². The molecule has 12 rings (SSSR count). The van der Waals surface area contributed by atoms with E-state index >= 15 is 0 Å². The average molecular weight is 1040 g/mol. The molecule has 9 atom stereocenters. The van der Waals surface area contributed by atoms with Crippen LogP contribution in [0.25, 0.3) is 38.9 Å². The number of aliphatic hydroxyl groups excluding tert-OH is 4. The van der Waals surface area contributed by atoms with Gasteiger partial charge in [0.15, 0.2) is 0 Å². The first-order valence-corrected chi connectivity index (χ1v) is 25.7. The number of nitrogen functional groups attached to an aromatic ring is 4. The number of fused-ring (bicyclic) bond motifs is 4. The van der Waals surface area contributed by atoms with Crippen molar-refractivity contribution in [1.82, 2.24) is 34.5 Å². The van der Waals surface area contributed by atoms with Crippen LogP contribution in [0.4, 0.5) is 23.3 Å². The first kappa shape index (κ1) is 49.8. The Morgan fingerprint density at radius 1 is 0.694 bits per heavy atom. The second-order valence-corrected chi connectivity index (χ2v) is 22.2. The minimum atomic E-state index is -1.04. The zero-order valence-corrected chi connectivity index (χ0v) is 42.0. The van der Waals surface area contributed by atoms with E-state index in [0.717, 1.165) is 92.6 Å². The molecule has 0 saturated heterocycles. The van der Waals surface area contributed by atoms with Crippen molar-refractivity contribution in [2.24, 2.45) is 16.7 Å². The predicted molar refractivity (Wildman–Crippen MR) is 284 cm³/mol. The number of nitrogens with two attached hydrogens (primary N) is 4. The number of halogens is 1. The van der Waals surface area contributed by atoms with Crippen LogP contribution in [0.1, 0.15) is 111 Å². The summed E-state index contributed by atoms with van der Waals surface area (Å²) in [5.74, 6) is 2.54. The molecule has 19 heteroatoms. The smallest absolute Gasteiger partial charge is 0.427 e. The highest BCUT2D eigenvalue weighted by molar-refractivity contribution is 9.10. The third-order valence-electron chi connectivity index (χ3n) is 16.2. The first-order chi connectivity index (χ1) is 34.4. The Bertz CT molecular complexity index is 3190. The maximum atomic E-state index is 11.0. The second-order valence-electron chi connectivity index (χ2n) is 21.4.